The largest absolute Gasteiger partial charge is 0.271 e. The Morgan fingerprint density at radius 2 is 2.12 bits per heavy atom. The smallest absolute Gasteiger partial charge is 0.0637 e. The van der Waals surface area contributed by atoms with Crippen molar-refractivity contribution in [3.05, 3.63) is 29.0 Å². The fraction of sp³-hybridized carbons (Fsp3) is 0.583. The summed E-state index contributed by atoms with van der Waals surface area (Å²) in [6.45, 7) is 0. The van der Waals surface area contributed by atoms with Gasteiger partial charge in [0.2, 0.25) is 0 Å². The summed E-state index contributed by atoms with van der Waals surface area (Å²) in [7, 11) is 0. The Bertz CT molecular complexity index is 337. The second-order valence-electron chi connectivity index (χ2n) is 4.44. The molecule has 1 aliphatic rings. The number of halogens is 1. The standard InChI is InChI=1S/C12H18ClN3/c13-11-8-15-7-6-10(11)12(16-14)9-4-2-1-3-5-9/h6-9,12,16H,1-5,14H2. The first-order chi connectivity index (χ1) is 7.83. The van der Waals surface area contributed by atoms with E-state index in [9.17, 15) is 0 Å². The number of aromatic nitrogens is 1. The number of nitrogens with zero attached hydrogens (tertiary/aromatic N) is 1. The van der Waals surface area contributed by atoms with Gasteiger partial charge in [-0.15, -0.1) is 0 Å². The third-order valence-corrected chi connectivity index (χ3v) is 3.76. The van der Waals surface area contributed by atoms with Crippen LogP contribution in [0.3, 0.4) is 0 Å². The van der Waals surface area contributed by atoms with Crippen molar-refractivity contribution in [1.82, 2.24) is 10.4 Å². The van der Waals surface area contributed by atoms with Gasteiger partial charge >= 0.3 is 0 Å². The molecular formula is C12H18ClN3. The van der Waals surface area contributed by atoms with E-state index in [1.807, 2.05) is 6.07 Å². The van der Waals surface area contributed by atoms with Crippen LogP contribution in [-0.2, 0) is 0 Å². The molecule has 1 aromatic heterocycles. The number of nitrogens with one attached hydrogen (secondary N) is 1. The normalized spacial score (nSPS) is 19.6. The molecule has 1 unspecified atom stereocenters. The van der Waals surface area contributed by atoms with E-state index < -0.39 is 0 Å². The average Bonchev–Trinajstić information content (AvgIpc) is 2.34. The zero-order chi connectivity index (χ0) is 11.4. The molecule has 0 aliphatic heterocycles. The van der Waals surface area contributed by atoms with Crippen LogP contribution < -0.4 is 11.3 Å². The van der Waals surface area contributed by atoms with Crippen molar-refractivity contribution >= 4 is 11.6 Å². The molecule has 1 saturated carbocycles. The minimum Gasteiger partial charge on any atom is -0.271 e. The van der Waals surface area contributed by atoms with E-state index in [0.717, 1.165) is 5.56 Å². The summed E-state index contributed by atoms with van der Waals surface area (Å²) in [5.74, 6) is 6.27. The molecule has 0 spiro atoms. The third kappa shape index (κ3) is 2.54. The molecule has 0 saturated heterocycles. The van der Waals surface area contributed by atoms with Crippen molar-refractivity contribution in [3.63, 3.8) is 0 Å². The number of hydrazine groups is 1. The van der Waals surface area contributed by atoms with Crippen molar-refractivity contribution in [2.75, 3.05) is 0 Å². The van der Waals surface area contributed by atoms with Crippen LogP contribution in [0.1, 0.15) is 43.7 Å². The molecule has 0 radical (unpaired) electrons. The fourth-order valence-electron chi connectivity index (χ4n) is 2.59. The first-order valence-corrected chi connectivity index (χ1v) is 6.26. The van der Waals surface area contributed by atoms with Gasteiger partial charge in [-0.1, -0.05) is 30.9 Å². The molecular weight excluding hydrogens is 222 g/mol. The minimum atomic E-state index is 0.163. The Morgan fingerprint density at radius 1 is 1.38 bits per heavy atom. The summed E-state index contributed by atoms with van der Waals surface area (Å²) in [5, 5.41) is 0.705. The summed E-state index contributed by atoms with van der Waals surface area (Å²) >= 11 is 6.16. The molecule has 3 N–H and O–H groups in total. The number of hydrogen-bond donors (Lipinski definition) is 2. The maximum atomic E-state index is 6.16. The van der Waals surface area contributed by atoms with E-state index in [0.29, 0.717) is 10.9 Å². The zero-order valence-electron chi connectivity index (χ0n) is 9.32. The molecule has 1 aliphatic carbocycles. The molecule has 1 fully saturated rings. The van der Waals surface area contributed by atoms with Gasteiger partial charge in [-0.05, 0) is 30.4 Å². The van der Waals surface area contributed by atoms with E-state index in [1.165, 1.54) is 32.1 Å². The van der Waals surface area contributed by atoms with Gasteiger partial charge in [0.15, 0.2) is 0 Å². The van der Waals surface area contributed by atoms with Crippen molar-refractivity contribution in [2.24, 2.45) is 11.8 Å². The van der Waals surface area contributed by atoms with Crippen LogP contribution >= 0.6 is 11.6 Å². The first-order valence-electron chi connectivity index (χ1n) is 5.88. The van der Waals surface area contributed by atoms with Crippen LogP contribution in [0, 0.1) is 5.92 Å². The van der Waals surface area contributed by atoms with E-state index in [2.05, 4.69) is 10.4 Å². The maximum Gasteiger partial charge on any atom is 0.0637 e. The Hall–Kier alpha value is -0.640. The summed E-state index contributed by atoms with van der Waals surface area (Å²) in [5.41, 5.74) is 3.99. The average molecular weight is 240 g/mol. The van der Waals surface area contributed by atoms with E-state index in [4.69, 9.17) is 17.4 Å². The van der Waals surface area contributed by atoms with Gasteiger partial charge in [0.25, 0.3) is 0 Å². The highest BCUT2D eigenvalue weighted by atomic mass is 35.5. The number of hydrogen-bond acceptors (Lipinski definition) is 3. The maximum absolute atomic E-state index is 6.16. The molecule has 0 amide bonds. The highest BCUT2D eigenvalue weighted by Crippen LogP contribution is 2.36. The monoisotopic (exact) mass is 239 g/mol. The van der Waals surface area contributed by atoms with Gasteiger partial charge in [0, 0.05) is 12.4 Å². The third-order valence-electron chi connectivity index (χ3n) is 3.44. The minimum absolute atomic E-state index is 0.163. The van der Waals surface area contributed by atoms with Gasteiger partial charge in [-0.25, -0.2) is 0 Å². The molecule has 88 valence electrons. The van der Waals surface area contributed by atoms with Crippen molar-refractivity contribution in [3.8, 4) is 0 Å². The molecule has 1 heterocycles. The molecule has 16 heavy (non-hydrogen) atoms. The molecule has 0 bridgehead atoms. The second kappa shape index (κ2) is 5.62. The van der Waals surface area contributed by atoms with Crippen LogP contribution in [0.4, 0.5) is 0 Å². The lowest BCUT2D eigenvalue weighted by atomic mass is 9.81. The quantitative estimate of drug-likeness (QED) is 0.630. The number of pyridine rings is 1. The van der Waals surface area contributed by atoms with Crippen LogP contribution in [0.5, 0.6) is 0 Å². The van der Waals surface area contributed by atoms with E-state index in [-0.39, 0.29) is 6.04 Å². The molecule has 1 atom stereocenters. The lowest BCUT2D eigenvalue weighted by Crippen LogP contribution is -2.34. The van der Waals surface area contributed by atoms with Gasteiger partial charge in [-0.3, -0.25) is 16.3 Å². The van der Waals surface area contributed by atoms with E-state index >= 15 is 0 Å². The van der Waals surface area contributed by atoms with Gasteiger partial charge in [0.05, 0.1) is 11.1 Å². The summed E-state index contributed by atoms with van der Waals surface area (Å²) in [6, 6.07) is 2.12. The highest BCUT2D eigenvalue weighted by molar-refractivity contribution is 6.31. The van der Waals surface area contributed by atoms with Crippen molar-refractivity contribution in [1.29, 1.82) is 0 Å². The summed E-state index contributed by atoms with van der Waals surface area (Å²) in [6.07, 6.45) is 9.86. The Morgan fingerprint density at radius 3 is 2.75 bits per heavy atom. The predicted molar refractivity (Wildman–Crippen MR) is 65.9 cm³/mol. The Labute approximate surface area is 101 Å². The molecule has 0 aromatic carbocycles. The van der Waals surface area contributed by atoms with Gasteiger partial charge in [0.1, 0.15) is 0 Å². The summed E-state index contributed by atoms with van der Waals surface area (Å²) in [4.78, 5) is 4.01. The van der Waals surface area contributed by atoms with Crippen LogP contribution in [-0.4, -0.2) is 4.98 Å². The first kappa shape index (κ1) is 11.8. The van der Waals surface area contributed by atoms with E-state index in [1.54, 1.807) is 12.4 Å². The number of rotatable bonds is 3. The SMILES string of the molecule is NNC(c1ccncc1Cl)C1CCCCC1. The van der Waals surface area contributed by atoms with Gasteiger partial charge in [-0.2, -0.15) is 0 Å². The summed E-state index contributed by atoms with van der Waals surface area (Å²) < 4.78 is 0. The zero-order valence-corrected chi connectivity index (χ0v) is 10.1. The van der Waals surface area contributed by atoms with Crippen molar-refractivity contribution in [2.45, 2.75) is 38.1 Å². The fourth-order valence-corrected chi connectivity index (χ4v) is 2.82. The topological polar surface area (TPSA) is 50.9 Å². The van der Waals surface area contributed by atoms with Crippen LogP contribution in [0.2, 0.25) is 5.02 Å². The Balaban J connectivity index is 2.18. The lowest BCUT2D eigenvalue weighted by Gasteiger charge is -2.30. The second-order valence-corrected chi connectivity index (χ2v) is 4.85. The molecule has 1 aromatic rings. The lowest BCUT2D eigenvalue weighted by molar-refractivity contribution is 0.273. The number of nitrogens with two attached hydrogens (primary N) is 1. The van der Waals surface area contributed by atoms with Crippen LogP contribution in [0.25, 0.3) is 0 Å². The molecule has 2 rings (SSSR count). The predicted octanol–water partition coefficient (Wildman–Crippen LogP) is 2.82. The Kier molecular flexibility index (Phi) is 4.16. The van der Waals surface area contributed by atoms with Crippen molar-refractivity contribution < 1.29 is 0 Å². The van der Waals surface area contributed by atoms with Crippen LogP contribution in [0.15, 0.2) is 18.5 Å². The molecule has 3 nitrogen and oxygen atoms in total. The van der Waals surface area contributed by atoms with Gasteiger partial charge < -0.3 is 0 Å². The molecule has 4 heteroatoms. The highest BCUT2D eigenvalue weighted by Gasteiger charge is 2.25.